The van der Waals surface area contributed by atoms with E-state index < -0.39 is 11.6 Å². The van der Waals surface area contributed by atoms with Crippen LogP contribution in [-0.2, 0) is 22.6 Å². The zero-order valence-electron chi connectivity index (χ0n) is 25.6. The van der Waals surface area contributed by atoms with Crippen LogP contribution < -0.4 is 14.8 Å². The molecule has 0 unspecified atom stereocenters. The second kappa shape index (κ2) is 16.1. The van der Waals surface area contributed by atoms with E-state index in [4.69, 9.17) is 14.2 Å². The first-order chi connectivity index (χ1) is 21.2. The van der Waals surface area contributed by atoms with Crippen LogP contribution in [0, 0.1) is 0 Å². The van der Waals surface area contributed by atoms with Gasteiger partial charge in [0.2, 0.25) is 5.91 Å². The molecule has 7 nitrogen and oxygen atoms in total. The van der Waals surface area contributed by atoms with E-state index >= 15 is 0 Å². The number of ether oxygens (including phenoxy) is 3. The maximum absolute atomic E-state index is 12.3. The van der Waals surface area contributed by atoms with E-state index in [0.717, 1.165) is 25.4 Å². The Hall–Kier alpha value is -4.88. The van der Waals surface area contributed by atoms with Gasteiger partial charge in [-0.25, -0.2) is 4.79 Å². The Bertz CT molecular complexity index is 1440. The quantitative estimate of drug-likeness (QED) is 0.122. The van der Waals surface area contributed by atoms with Crippen molar-refractivity contribution in [1.29, 1.82) is 0 Å². The second-order valence-electron chi connectivity index (χ2n) is 11.3. The number of nitrogens with zero attached hydrogens (tertiary/aromatic N) is 1. The molecule has 44 heavy (non-hydrogen) atoms. The van der Waals surface area contributed by atoms with Crippen LogP contribution in [0.25, 0.3) is 0 Å². The molecule has 4 aromatic carbocycles. The summed E-state index contributed by atoms with van der Waals surface area (Å²) in [5.74, 6) is 0.742. The molecule has 0 bridgehead atoms. The maximum atomic E-state index is 12.3. The van der Waals surface area contributed by atoms with Gasteiger partial charge >= 0.3 is 5.97 Å². The van der Waals surface area contributed by atoms with Crippen molar-refractivity contribution in [2.24, 2.45) is 0 Å². The van der Waals surface area contributed by atoms with Crippen LogP contribution in [0.5, 0.6) is 11.5 Å². The van der Waals surface area contributed by atoms with Crippen molar-refractivity contribution >= 4 is 17.6 Å². The molecule has 0 saturated carbocycles. The number of carbonyl (C=O) groups is 2. The highest BCUT2D eigenvalue weighted by atomic mass is 16.6. The van der Waals surface area contributed by atoms with Gasteiger partial charge in [-0.2, -0.15) is 0 Å². The van der Waals surface area contributed by atoms with Crippen LogP contribution in [0.3, 0.4) is 0 Å². The molecule has 0 aromatic heterocycles. The van der Waals surface area contributed by atoms with Crippen LogP contribution in [0.4, 0.5) is 5.69 Å². The highest BCUT2D eigenvalue weighted by molar-refractivity contribution is 5.99. The summed E-state index contributed by atoms with van der Waals surface area (Å²) in [6, 6.07) is 34.9. The lowest BCUT2D eigenvalue weighted by atomic mass is 10.1. The molecule has 1 N–H and O–H groups in total. The Morgan fingerprint density at radius 2 is 1.27 bits per heavy atom. The van der Waals surface area contributed by atoms with E-state index in [1.54, 1.807) is 30.3 Å². The lowest BCUT2D eigenvalue weighted by Gasteiger charge is -2.23. The average Bonchev–Trinajstić information content (AvgIpc) is 3.00. The molecule has 4 rings (SSSR count). The van der Waals surface area contributed by atoms with Gasteiger partial charge in [-0.3, -0.25) is 9.69 Å². The molecule has 0 spiro atoms. The van der Waals surface area contributed by atoms with E-state index in [0.29, 0.717) is 23.6 Å². The third-order valence-electron chi connectivity index (χ3n) is 6.40. The molecule has 0 heterocycles. The number of benzene rings is 4. The summed E-state index contributed by atoms with van der Waals surface area (Å²) < 4.78 is 17.1. The van der Waals surface area contributed by atoms with Gasteiger partial charge in [-0.1, -0.05) is 60.7 Å². The van der Waals surface area contributed by atoms with Crippen molar-refractivity contribution in [3.8, 4) is 11.5 Å². The van der Waals surface area contributed by atoms with Crippen LogP contribution in [0.1, 0.15) is 42.3 Å². The Morgan fingerprint density at radius 3 is 1.82 bits per heavy atom. The minimum atomic E-state index is -0.569. The Kier molecular flexibility index (Phi) is 11.7. The van der Waals surface area contributed by atoms with E-state index in [2.05, 4.69) is 58.7 Å². The first kappa shape index (κ1) is 32.0. The standard InChI is InChI=1S/C37H40N2O5/c1-37(2,3)44-36(41)31-16-18-32(19-17-31)38-35(40)15-10-25-42-33-20-22-34(23-21-33)43-26-24-39(27-29-11-6-4-7-12-29)28-30-13-8-5-9-14-30/h4-23H,24-28H2,1-3H3,(H,38,40)/b15-10+. The molecule has 0 radical (unpaired) electrons. The van der Waals surface area contributed by atoms with Crippen LogP contribution >= 0.6 is 0 Å². The number of rotatable bonds is 14. The minimum Gasteiger partial charge on any atom is -0.492 e. The largest absolute Gasteiger partial charge is 0.492 e. The summed E-state index contributed by atoms with van der Waals surface area (Å²) in [5, 5.41) is 2.76. The maximum Gasteiger partial charge on any atom is 0.338 e. The molecule has 0 aliphatic carbocycles. The minimum absolute atomic E-state index is 0.235. The highest BCUT2D eigenvalue weighted by Crippen LogP contribution is 2.19. The number of carbonyl (C=O) groups excluding carboxylic acids is 2. The summed E-state index contributed by atoms with van der Waals surface area (Å²) in [6.45, 7) is 8.71. The van der Waals surface area contributed by atoms with Gasteiger partial charge in [0.1, 0.15) is 30.3 Å². The molecule has 0 atom stereocenters. The topological polar surface area (TPSA) is 77.1 Å². The third kappa shape index (κ3) is 11.4. The molecule has 0 aliphatic rings. The fraction of sp³-hybridized carbons (Fsp3) is 0.243. The van der Waals surface area contributed by atoms with Crippen molar-refractivity contribution in [1.82, 2.24) is 4.90 Å². The van der Waals surface area contributed by atoms with Crippen molar-refractivity contribution in [3.05, 3.63) is 138 Å². The SMILES string of the molecule is CC(C)(C)OC(=O)c1ccc(NC(=O)/C=C/COc2ccc(OCCN(Cc3ccccc3)Cc3ccccc3)cc2)cc1. The fourth-order valence-corrected chi connectivity index (χ4v) is 4.33. The molecule has 0 saturated heterocycles. The first-order valence-corrected chi connectivity index (χ1v) is 14.7. The lowest BCUT2D eigenvalue weighted by molar-refractivity contribution is -0.111. The van der Waals surface area contributed by atoms with Gasteiger partial charge < -0.3 is 19.5 Å². The summed E-state index contributed by atoms with van der Waals surface area (Å²) in [7, 11) is 0. The smallest absolute Gasteiger partial charge is 0.338 e. The summed E-state index contributed by atoms with van der Waals surface area (Å²) in [6.07, 6.45) is 3.05. The van der Waals surface area contributed by atoms with E-state index in [9.17, 15) is 9.59 Å². The van der Waals surface area contributed by atoms with Gasteiger partial charge in [0, 0.05) is 31.4 Å². The zero-order valence-corrected chi connectivity index (χ0v) is 25.6. The normalized spacial score (nSPS) is 11.4. The molecule has 1 amide bonds. The van der Waals surface area contributed by atoms with E-state index in [1.807, 2.05) is 57.2 Å². The van der Waals surface area contributed by atoms with Gasteiger partial charge in [-0.15, -0.1) is 0 Å². The Balaban J connectivity index is 1.18. The molecule has 0 aliphatic heterocycles. The Labute approximate surface area is 260 Å². The Morgan fingerprint density at radius 1 is 0.727 bits per heavy atom. The predicted octanol–water partition coefficient (Wildman–Crippen LogP) is 7.30. The average molecular weight is 593 g/mol. The molecule has 4 aromatic rings. The molecule has 0 fully saturated rings. The number of hydrogen-bond acceptors (Lipinski definition) is 6. The summed E-state index contributed by atoms with van der Waals surface area (Å²) >= 11 is 0. The van der Waals surface area contributed by atoms with Gasteiger partial charge in [-0.05, 0) is 86.5 Å². The monoisotopic (exact) mass is 592 g/mol. The summed E-state index contributed by atoms with van der Waals surface area (Å²) in [4.78, 5) is 26.8. The van der Waals surface area contributed by atoms with Crippen LogP contribution in [0.15, 0.2) is 121 Å². The van der Waals surface area contributed by atoms with Crippen LogP contribution in [0.2, 0.25) is 0 Å². The number of nitrogens with one attached hydrogen (secondary N) is 1. The van der Waals surface area contributed by atoms with Crippen molar-refractivity contribution in [2.75, 3.05) is 25.1 Å². The number of esters is 1. The summed E-state index contributed by atoms with van der Waals surface area (Å²) in [5.41, 5.74) is 2.97. The van der Waals surface area contributed by atoms with Gasteiger partial charge in [0.25, 0.3) is 0 Å². The van der Waals surface area contributed by atoms with Crippen molar-refractivity contribution in [3.63, 3.8) is 0 Å². The second-order valence-corrected chi connectivity index (χ2v) is 11.3. The van der Waals surface area contributed by atoms with E-state index in [-0.39, 0.29) is 12.5 Å². The highest BCUT2D eigenvalue weighted by Gasteiger charge is 2.17. The first-order valence-electron chi connectivity index (χ1n) is 14.7. The molecule has 228 valence electrons. The molecular formula is C37H40N2O5. The van der Waals surface area contributed by atoms with Crippen molar-refractivity contribution < 1.29 is 23.8 Å². The van der Waals surface area contributed by atoms with Gasteiger partial charge in [0.05, 0.1) is 5.56 Å². The third-order valence-corrected chi connectivity index (χ3v) is 6.40. The lowest BCUT2D eigenvalue weighted by Crippen LogP contribution is -2.27. The van der Waals surface area contributed by atoms with Crippen molar-refractivity contribution in [2.45, 2.75) is 39.5 Å². The molecular weight excluding hydrogens is 552 g/mol. The fourth-order valence-electron chi connectivity index (χ4n) is 4.33. The van der Waals surface area contributed by atoms with Gasteiger partial charge in [0.15, 0.2) is 0 Å². The van der Waals surface area contributed by atoms with E-state index in [1.165, 1.54) is 17.2 Å². The number of amides is 1. The number of hydrogen-bond donors (Lipinski definition) is 1. The zero-order chi connectivity index (χ0) is 31.2. The number of anilines is 1. The predicted molar refractivity (Wildman–Crippen MR) is 174 cm³/mol. The van der Waals surface area contributed by atoms with Crippen LogP contribution in [-0.4, -0.2) is 42.1 Å². The molecule has 7 heteroatoms.